The van der Waals surface area contributed by atoms with Gasteiger partial charge in [-0.15, -0.1) is 11.3 Å². The first-order valence-corrected chi connectivity index (χ1v) is 16.0. The van der Waals surface area contributed by atoms with Crippen LogP contribution in [0.4, 0.5) is 0 Å². The molecule has 0 saturated carbocycles. The summed E-state index contributed by atoms with van der Waals surface area (Å²) in [5, 5.41) is 46.5. The smallest absolute Gasteiger partial charge is 0.753 e. The Morgan fingerprint density at radius 1 is 0.917 bits per heavy atom. The van der Waals surface area contributed by atoms with E-state index in [0.717, 1.165) is 23.3 Å². The van der Waals surface area contributed by atoms with Crippen LogP contribution in [0.5, 0.6) is 0 Å². The number of hydrogen-bond acceptors (Lipinski definition) is 9. The summed E-state index contributed by atoms with van der Waals surface area (Å²) in [6.45, 7) is 4.78. The zero-order valence-electron chi connectivity index (χ0n) is 25.8. The number of carbonyl (C=O) groups is 2. The number of thiophene rings is 1. The van der Waals surface area contributed by atoms with Gasteiger partial charge >= 0.3 is 31.4 Å². The van der Waals surface area contributed by atoms with E-state index >= 15 is 0 Å². The minimum atomic E-state index is -1.12. The SMILES string of the molecule is CCCCCCc1ccsc1C#CC1=CC(c2cc(C(=O)O)cc(-c3cc(C(=O)O)ccn3)n2)=NCC1C.[N-]=C=S.[N-]=C=S.[N-]=C=S.[Ru+3]. The molecule has 1 aliphatic heterocycles. The van der Waals surface area contributed by atoms with Crippen molar-refractivity contribution in [2.45, 2.75) is 46.0 Å². The second-order valence-electron chi connectivity index (χ2n) is 9.50. The fourth-order valence-corrected chi connectivity index (χ4v) is 4.92. The van der Waals surface area contributed by atoms with Gasteiger partial charge in [0.15, 0.2) is 0 Å². The molecule has 0 bridgehead atoms. The number of hydrogen-bond donors (Lipinski definition) is 2. The summed E-state index contributed by atoms with van der Waals surface area (Å²) in [4.78, 5) is 37.8. The van der Waals surface area contributed by atoms with Crippen molar-refractivity contribution < 1.29 is 39.3 Å². The van der Waals surface area contributed by atoms with Gasteiger partial charge in [0.25, 0.3) is 0 Å². The second kappa shape index (κ2) is 25.0. The Balaban J connectivity index is 0.00000199. The van der Waals surface area contributed by atoms with Crippen molar-refractivity contribution >= 4 is 81.1 Å². The zero-order valence-corrected chi connectivity index (χ0v) is 30.8. The number of aromatic nitrogens is 2. The second-order valence-corrected chi connectivity index (χ2v) is 11.0. The van der Waals surface area contributed by atoms with Crippen LogP contribution in [0.1, 0.15) is 76.4 Å². The third kappa shape index (κ3) is 15.2. The molecular formula is C33H29N6O4RuS4. The number of unbranched alkanes of at least 4 members (excludes halogenated alkanes) is 3. The molecule has 48 heavy (non-hydrogen) atoms. The molecular weight excluding hydrogens is 774 g/mol. The van der Waals surface area contributed by atoms with E-state index in [-0.39, 0.29) is 47.9 Å². The molecule has 1 radical (unpaired) electrons. The number of carboxylic acids is 2. The molecule has 247 valence electrons. The van der Waals surface area contributed by atoms with Crippen LogP contribution in [0.3, 0.4) is 0 Å². The molecule has 2 N–H and O–H groups in total. The summed E-state index contributed by atoms with van der Waals surface area (Å²) in [6.07, 6.45) is 9.11. The number of carboxylic acid groups (broad SMARTS) is 2. The Hall–Kier alpha value is -4.07. The molecule has 0 saturated heterocycles. The number of dihydropyridines is 1. The number of aromatic carboxylic acids is 2. The van der Waals surface area contributed by atoms with Gasteiger partial charge < -0.3 is 26.4 Å². The normalized spacial score (nSPS) is 12.2. The van der Waals surface area contributed by atoms with Gasteiger partial charge in [-0.2, -0.15) is 15.5 Å². The number of allylic oxidation sites excluding steroid dienone is 1. The van der Waals surface area contributed by atoms with E-state index in [0.29, 0.717) is 18.0 Å². The molecule has 0 spiro atoms. The van der Waals surface area contributed by atoms with Gasteiger partial charge in [0.2, 0.25) is 0 Å². The standard InChI is InChI=1S/C30H29N3O4S.3CNS.Ru/c1-3-4-5-6-7-20-11-13-38-28(20)9-8-21-14-25(32-18-19(21)2)27-17-23(30(36)37)16-26(33-27)24-15-22(29(34)35)10-12-31-24;3*2-1-3;/h10-17,19H,3-7,18H2,1-2H3,(H,34,35)(H,36,37);;;;/q;3*-1;+3. The number of aliphatic imine (C=N–C) groups is 1. The molecule has 4 heterocycles. The summed E-state index contributed by atoms with van der Waals surface area (Å²) in [5.41, 5.74) is 3.70. The van der Waals surface area contributed by atoms with Crippen LogP contribution in [-0.2, 0) is 25.9 Å². The Morgan fingerprint density at radius 2 is 1.52 bits per heavy atom. The van der Waals surface area contributed by atoms with E-state index < -0.39 is 11.9 Å². The van der Waals surface area contributed by atoms with Crippen molar-refractivity contribution in [1.29, 1.82) is 0 Å². The van der Waals surface area contributed by atoms with Gasteiger partial charge in [-0.1, -0.05) is 81.6 Å². The largest absolute Gasteiger partial charge is 3.00 e. The van der Waals surface area contributed by atoms with Crippen LogP contribution >= 0.6 is 48.0 Å². The Labute approximate surface area is 312 Å². The van der Waals surface area contributed by atoms with Crippen molar-refractivity contribution in [2.75, 3.05) is 6.54 Å². The molecule has 0 fully saturated rings. The maximum Gasteiger partial charge on any atom is 3.00 e. The third-order valence-electron chi connectivity index (χ3n) is 6.33. The monoisotopic (exact) mass is 803 g/mol. The van der Waals surface area contributed by atoms with Gasteiger partial charge in [-0.25, -0.2) is 14.6 Å². The molecule has 0 aliphatic carbocycles. The topological polar surface area (TPSA) is 180 Å². The number of rotatable bonds is 9. The van der Waals surface area contributed by atoms with E-state index in [1.54, 1.807) is 11.3 Å². The molecule has 10 nitrogen and oxygen atoms in total. The van der Waals surface area contributed by atoms with E-state index in [2.05, 4.69) is 88.7 Å². The minimum absolute atomic E-state index is 0. The molecule has 15 heteroatoms. The summed E-state index contributed by atoms with van der Waals surface area (Å²) in [5.74, 6) is 4.59. The number of pyridine rings is 2. The molecule has 3 aromatic heterocycles. The summed E-state index contributed by atoms with van der Waals surface area (Å²) in [7, 11) is 0. The maximum atomic E-state index is 11.9. The molecule has 0 aromatic carbocycles. The van der Waals surface area contributed by atoms with E-state index in [9.17, 15) is 19.8 Å². The van der Waals surface area contributed by atoms with Crippen molar-refractivity contribution in [1.82, 2.24) is 9.97 Å². The first-order valence-electron chi connectivity index (χ1n) is 13.9. The van der Waals surface area contributed by atoms with Crippen LogP contribution in [0, 0.1) is 17.8 Å². The molecule has 1 aliphatic rings. The van der Waals surface area contributed by atoms with Gasteiger partial charge in [0, 0.05) is 24.2 Å². The summed E-state index contributed by atoms with van der Waals surface area (Å²) in [6, 6.07) is 7.76. The molecule has 0 amide bonds. The van der Waals surface area contributed by atoms with E-state index in [1.165, 1.54) is 70.8 Å². The van der Waals surface area contributed by atoms with Crippen molar-refractivity contribution in [3.05, 3.63) is 97.0 Å². The van der Waals surface area contributed by atoms with E-state index in [4.69, 9.17) is 16.2 Å². The fourth-order valence-electron chi connectivity index (χ4n) is 4.12. The molecule has 1 unspecified atom stereocenters. The predicted octanol–water partition coefficient (Wildman–Crippen LogP) is 8.11. The number of nitrogens with zero attached hydrogens (tertiary/aromatic N) is 6. The predicted molar refractivity (Wildman–Crippen MR) is 197 cm³/mol. The Kier molecular flexibility index (Phi) is 22.9. The van der Waals surface area contributed by atoms with Crippen LogP contribution in [-0.4, -0.2) is 59.9 Å². The number of thiocarbonyl (C=S) groups is 3. The van der Waals surface area contributed by atoms with Crippen LogP contribution in [0.25, 0.3) is 27.6 Å². The minimum Gasteiger partial charge on any atom is -0.753 e. The third-order valence-corrected chi connectivity index (χ3v) is 7.20. The van der Waals surface area contributed by atoms with Gasteiger partial charge in [-0.3, -0.25) is 9.98 Å². The number of aryl methyl sites for hydroxylation is 1. The maximum absolute atomic E-state index is 11.9. The quantitative estimate of drug-likeness (QED) is 0.0711. The summed E-state index contributed by atoms with van der Waals surface area (Å²) < 4.78 is 0. The average molecular weight is 803 g/mol. The molecule has 4 rings (SSSR count). The summed E-state index contributed by atoms with van der Waals surface area (Å²) >= 11 is 12.7. The van der Waals surface area contributed by atoms with Crippen molar-refractivity contribution in [3.8, 4) is 23.2 Å². The first kappa shape index (κ1) is 43.9. The average Bonchev–Trinajstić information content (AvgIpc) is 3.51. The van der Waals surface area contributed by atoms with Crippen LogP contribution < -0.4 is 0 Å². The van der Waals surface area contributed by atoms with Gasteiger partial charge in [0.05, 0.1) is 38.8 Å². The van der Waals surface area contributed by atoms with Gasteiger partial charge in [-0.05, 0) is 60.2 Å². The molecule has 1 atom stereocenters. The Morgan fingerprint density at radius 3 is 2.12 bits per heavy atom. The van der Waals surface area contributed by atoms with Gasteiger partial charge in [0.1, 0.15) is 0 Å². The Bertz CT molecular complexity index is 1750. The first-order chi connectivity index (χ1) is 22.6. The number of isothiocyanates is 3. The van der Waals surface area contributed by atoms with Crippen molar-refractivity contribution in [2.24, 2.45) is 10.9 Å². The zero-order chi connectivity index (χ0) is 35.2. The van der Waals surface area contributed by atoms with Crippen LogP contribution in [0.15, 0.2) is 58.6 Å². The fraction of sp³-hybridized carbons (Fsp3) is 0.273. The molecule has 3 aromatic rings. The van der Waals surface area contributed by atoms with Crippen LogP contribution in [0.2, 0.25) is 0 Å². The van der Waals surface area contributed by atoms with E-state index in [1.807, 2.05) is 6.08 Å². The van der Waals surface area contributed by atoms with Crippen molar-refractivity contribution in [3.63, 3.8) is 0 Å².